The average molecular weight is 411 g/mol. The number of β-amino-alcohol motifs (C(OH)–C–C–N with tert-alkyl or cyclic N) is 1. The van der Waals surface area contributed by atoms with Crippen LogP contribution in [0.15, 0.2) is 17.6 Å². The minimum atomic E-state index is -3.62. The highest BCUT2D eigenvalue weighted by molar-refractivity contribution is 7.91. The van der Waals surface area contributed by atoms with E-state index < -0.39 is 28.2 Å². The lowest BCUT2D eigenvalue weighted by Gasteiger charge is -2.34. The largest absolute Gasteiger partial charge is 0.498 e. The molecular formula is C18H30BN3O5S. The topological polar surface area (TPSA) is 102 Å². The molecule has 10 heteroatoms. The summed E-state index contributed by atoms with van der Waals surface area (Å²) in [6, 6.07) is -0.114. The summed E-state index contributed by atoms with van der Waals surface area (Å²) in [6.07, 6.45) is 5.74. The molecule has 0 radical (unpaired) electrons. The highest BCUT2D eigenvalue weighted by Crippen LogP contribution is 2.36. The van der Waals surface area contributed by atoms with Crippen molar-refractivity contribution in [1.29, 1.82) is 0 Å². The molecule has 28 heavy (non-hydrogen) atoms. The lowest BCUT2D eigenvalue weighted by atomic mass is 9.81. The number of likely N-dealkylation sites (tertiary alicyclic amines) is 1. The Labute approximate surface area is 167 Å². The van der Waals surface area contributed by atoms with Crippen LogP contribution in [0, 0.1) is 0 Å². The monoisotopic (exact) mass is 411 g/mol. The quantitative estimate of drug-likeness (QED) is 0.530. The van der Waals surface area contributed by atoms with E-state index in [0.29, 0.717) is 12.0 Å². The minimum absolute atomic E-state index is 0.0236. The predicted octanol–water partition coefficient (Wildman–Crippen LogP) is 0.396. The van der Waals surface area contributed by atoms with Crippen LogP contribution in [0.3, 0.4) is 0 Å². The van der Waals surface area contributed by atoms with E-state index in [-0.39, 0.29) is 23.6 Å². The van der Waals surface area contributed by atoms with Crippen molar-refractivity contribution in [3.05, 3.63) is 12.4 Å². The molecule has 1 aromatic heterocycles. The molecule has 0 unspecified atom stereocenters. The lowest BCUT2D eigenvalue weighted by molar-refractivity contribution is 0.00578. The van der Waals surface area contributed by atoms with Gasteiger partial charge in [0.25, 0.3) is 0 Å². The van der Waals surface area contributed by atoms with Gasteiger partial charge in [0.05, 0.1) is 23.6 Å². The molecule has 0 bridgehead atoms. The maximum Gasteiger partial charge on any atom is 0.498 e. The predicted molar refractivity (Wildman–Crippen MR) is 106 cm³/mol. The Bertz CT molecular complexity index is 767. The van der Waals surface area contributed by atoms with Crippen LogP contribution in [0.4, 0.5) is 0 Å². The number of rotatable bonds is 6. The third kappa shape index (κ3) is 4.41. The molecule has 0 spiro atoms. The Hall–Kier alpha value is -1.07. The van der Waals surface area contributed by atoms with Gasteiger partial charge < -0.3 is 14.4 Å². The number of sulfone groups is 1. The van der Waals surface area contributed by atoms with E-state index in [9.17, 15) is 13.5 Å². The van der Waals surface area contributed by atoms with Gasteiger partial charge in [-0.2, -0.15) is 0 Å². The van der Waals surface area contributed by atoms with Crippen molar-refractivity contribution in [3.8, 4) is 0 Å². The van der Waals surface area contributed by atoms with Crippen LogP contribution in [0.25, 0.3) is 0 Å². The van der Waals surface area contributed by atoms with Gasteiger partial charge in [0.15, 0.2) is 0 Å². The second-order valence-corrected chi connectivity index (χ2v) is 10.5. The SMILES string of the molecule is CC1(C)OB(c2cnc(S(=O)(=O)C[C@@H]3CCCCN3CCO)nc2)OC1(C)C. The van der Waals surface area contributed by atoms with Gasteiger partial charge in [0, 0.05) is 30.4 Å². The first-order chi connectivity index (χ1) is 13.1. The number of hydrogen-bond acceptors (Lipinski definition) is 8. The van der Waals surface area contributed by atoms with Gasteiger partial charge in [0.2, 0.25) is 15.0 Å². The first-order valence-corrected chi connectivity index (χ1v) is 11.5. The molecule has 1 aromatic rings. The summed E-state index contributed by atoms with van der Waals surface area (Å²) < 4.78 is 37.5. The third-order valence-corrected chi connectivity index (χ3v) is 7.59. The third-order valence-electron chi connectivity index (χ3n) is 6.00. The second kappa shape index (κ2) is 7.99. The highest BCUT2D eigenvalue weighted by Gasteiger charge is 2.52. The number of aromatic nitrogens is 2. The summed E-state index contributed by atoms with van der Waals surface area (Å²) in [5.74, 6) is -0.0389. The van der Waals surface area contributed by atoms with Crippen LogP contribution in [-0.4, -0.2) is 78.2 Å². The van der Waals surface area contributed by atoms with Crippen molar-refractivity contribution in [2.75, 3.05) is 25.4 Å². The fourth-order valence-electron chi connectivity index (χ4n) is 3.59. The van der Waals surface area contributed by atoms with E-state index in [1.165, 1.54) is 12.4 Å². The Kier molecular flexibility index (Phi) is 6.17. The summed E-state index contributed by atoms with van der Waals surface area (Å²) in [4.78, 5) is 10.2. The zero-order valence-corrected chi connectivity index (χ0v) is 17.9. The number of aliphatic hydroxyl groups excluding tert-OH is 1. The van der Waals surface area contributed by atoms with Crippen molar-refractivity contribution in [1.82, 2.24) is 14.9 Å². The van der Waals surface area contributed by atoms with Crippen molar-refractivity contribution < 1.29 is 22.8 Å². The molecule has 0 aliphatic carbocycles. The van der Waals surface area contributed by atoms with Crippen LogP contribution in [0.1, 0.15) is 47.0 Å². The summed E-state index contributed by atoms with van der Waals surface area (Å²) in [5, 5.41) is 9.04. The van der Waals surface area contributed by atoms with Gasteiger partial charge in [-0.05, 0) is 47.1 Å². The highest BCUT2D eigenvalue weighted by atomic mass is 32.2. The molecular weight excluding hydrogens is 381 g/mol. The molecule has 8 nitrogen and oxygen atoms in total. The van der Waals surface area contributed by atoms with Crippen molar-refractivity contribution in [3.63, 3.8) is 0 Å². The maximum atomic E-state index is 12.8. The summed E-state index contributed by atoms with van der Waals surface area (Å²) in [6.45, 7) is 9.13. The number of nitrogens with zero attached hydrogens (tertiary/aromatic N) is 3. The van der Waals surface area contributed by atoms with Crippen LogP contribution in [-0.2, 0) is 19.1 Å². The van der Waals surface area contributed by atoms with Gasteiger partial charge in [-0.3, -0.25) is 4.90 Å². The van der Waals surface area contributed by atoms with E-state index in [2.05, 4.69) is 9.97 Å². The molecule has 2 fully saturated rings. The fourth-order valence-corrected chi connectivity index (χ4v) is 5.05. The van der Waals surface area contributed by atoms with E-state index in [1.54, 1.807) is 0 Å². The average Bonchev–Trinajstić information content (AvgIpc) is 2.84. The van der Waals surface area contributed by atoms with Crippen molar-refractivity contribution in [2.24, 2.45) is 0 Å². The Morgan fingerprint density at radius 1 is 1.18 bits per heavy atom. The molecule has 1 atom stereocenters. The normalized spacial score (nSPS) is 25.2. The molecule has 3 rings (SSSR count). The van der Waals surface area contributed by atoms with Gasteiger partial charge in [0.1, 0.15) is 0 Å². The molecule has 1 N–H and O–H groups in total. The molecule has 2 aliphatic rings. The van der Waals surface area contributed by atoms with Gasteiger partial charge in [-0.1, -0.05) is 6.42 Å². The van der Waals surface area contributed by atoms with Crippen LogP contribution in [0.5, 0.6) is 0 Å². The Balaban J connectivity index is 1.72. The van der Waals surface area contributed by atoms with Crippen LogP contribution in [0.2, 0.25) is 0 Å². The van der Waals surface area contributed by atoms with Gasteiger partial charge in [-0.15, -0.1) is 0 Å². The smallest absolute Gasteiger partial charge is 0.399 e. The van der Waals surface area contributed by atoms with E-state index in [1.807, 2.05) is 32.6 Å². The fraction of sp³-hybridized carbons (Fsp3) is 0.778. The molecule has 0 aromatic carbocycles. The molecule has 2 saturated heterocycles. The van der Waals surface area contributed by atoms with E-state index in [0.717, 1.165) is 25.8 Å². The molecule has 2 aliphatic heterocycles. The van der Waals surface area contributed by atoms with Gasteiger partial charge in [-0.25, -0.2) is 18.4 Å². The van der Waals surface area contributed by atoms with Crippen LogP contribution < -0.4 is 5.46 Å². The number of hydrogen-bond donors (Lipinski definition) is 1. The van der Waals surface area contributed by atoms with Gasteiger partial charge >= 0.3 is 7.12 Å². The van der Waals surface area contributed by atoms with Crippen molar-refractivity contribution >= 4 is 22.4 Å². The maximum absolute atomic E-state index is 12.8. The second-order valence-electron chi connectivity index (χ2n) is 8.58. The van der Waals surface area contributed by atoms with E-state index in [4.69, 9.17) is 9.31 Å². The number of aliphatic hydroxyl groups is 1. The molecule has 0 saturated carbocycles. The van der Waals surface area contributed by atoms with Crippen LogP contribution >= 0.6 is 0 Å². The number of piperidine rings is 1. The summed E-state index contributed by atoms with van der Waals surface area (Å²) >= 11 is 0. The summed E-state index contributed by atoms with van der Waals surface area (Å²) in [5.41, 5.74) is -0.378. The first-order valence-electron chi connectivity index (χ1n) is 9.81. The zero-order chi connectivity index (χ0) is 20.6. The standard InChI is InChI=1S/C18H30BN3O5S/c1-17(2)18(3,4)27-19(26-17)14-11-20-16(21-12-14)28(24,25)13-15-7-5-6-8-22(15)9-10-23/h11-12,15,23H,5-10,13H2,1-4H3/t15-/m0/s1. The van der Waals surface area contributed by atoms with Crippen molar-refractivity contribution in [2.45, 2.75) is 69.4 Å². The summed E-state index contributed by atoms with van der Waals surface area (Å²) in [7, 11) is -4.25. The Morgan fingerprint density at radius 2 is 1.79 bits per heavy atom. The zero-order valence-electron chi connectivity index (χ0n) is 17.1. The molecule has 156 valence electrons. The minimum Gasteiger partial charge on any atom is -0.399 e. The molecule has 3 heterocycles. The molecule has 0 amide bonds. The Morgan fingerprint density at radius 3 is 2.36 bits per heavy atom. The van der Waals surface area contributed by atoms with E-state index >= 15 is 0 Å². The first kappa shape index (κ1) is 21.6. The lowest BCUT2D eigenvalue weighted by Crippen LogP contribution is -2.45.